The van der Waals surface area contributed by atoms with Crippen molar-refractivity contribution >= 4 is 34.9 Å². The summed E-state index contributed by atoms with van der Waals surface area (Å²) < 4.78 is 0. The number of benzene rings is 2. The van der Waals surface area contributed by atoms with E-state index in [0.717, 1.165) is 11.3 Å². The highest BCUT2D eigenvalue weighted by atomic mass is 35.5. The molecule has 0 saturated carbocycles. The van der Waals surface area contributed by atoms with E-state index in [1.165, 1.54) is 4.90 Å². The normalized spacial score (nSPS) is 11.4. The van der Waals surface area contributed by atoms with Gasteiger partial charge in [-0.2, -0.15) is 0 Å². The molecule has 0 bridgehead atoms. The maximum atomic E-state index is 8.65. The van der Waals surface area contributed by atoms with E-state index in [1.54, 1.807) is 23.9 Å². The van der Waals surface area contributed by atoms with Crippen LogP contribution in [0, 0.1) is 0 Å². The molecule has 0 aliphatic carbocycles. The van der Waals surface area contributed by atoms with Crippen molar-refractivity contribution in [3.8, 4) is 0 Å². The molecule has 0 radical (unpaired) electrons. The molecule has 0 unspecified atom stereocenters. The number of nitrogens with one attached hydrogen (secondary N) is 1. The molecule has 0 saturated heterocycles. The van der Waals surface area contributed by atoms with Gasteiger partial charge in [-0.05, 0) is 42.2 Å². The molecule has 0 aromatic heterocycles. The van der Waals surface area contributed by atoms with Crippen LogP contribution in [-0.2, 0) is 6.54 Å². The second kappa shape index (κ2) is 7.24. The van der Waals surface area contributed by atoms with Crippen LogP contribution in [0.4, 0.5) is 5.69 Å². The number of amidine groups is 1. The Morgan fingerprint density at radius 1 is 1.29 bits per heavy atom. The van der Waals surface area contributed by atoms with Crippen molar-refractivity contribution in [1.82, 2.24) is 0 Å². The van der Waals surface area contributed by atoms with Gasteiger partial charge in [0.1, 0.15) is 0 Å². The summed E-state index contributed by atoms with van der Waals surface area (Å²) in [5, 5.41) is 15.5. The van der Waals surface area contributed by atoms with Gasteiger partial charge in [0, 0.05) is 27.7 Å². The predicted molar refractivity (Wildman–Crippen MR) is 89.5 cm³/mol. The van der Waals surface area contributed by atoms with Crippen molar-refractivity contribution in [3.05, 3.63) is 58.6 Å². The quantitative estimate of drug-likeness (QED) is 0.258. The zero-order chi connectivity index (χ0) is 15.2. The largest absolute Gasteiger partial charge is 0.409 e. The fourth-order valence-electron chi connectivity index (χ4n) is 1.81. The highest BCUT2D eigenvalue weighted by Crippen LogP contribution is 2.21. The molecule has 6 heteroatoms. The fourth-order valence-corrected chi connectivity index (χ4v) is 2.47. The second-order valence-electron chi connectivity index (χ2n) is 4.37. The van der Waals surface area contributed by atoms with Gasteiger partial charge in [0.15, 0.2) is 5.84 Å². The first-order chi connectivity index (χ1) is 10.1. The van der Waals surface area contributed by atoms with Crippen molar-refractivity contribution in [2.45, 2.75) is 11.4 Å². The monoisotopic (exact) mass is 321 g/mol. The second-order valence-corrected chi connectivity index (χ2v) is 5.66. The number of anilines is 1. The van der Waals surface area contributed by atoms with Gasteiger partial charge in [0.2, 0.25) is 0 Å². The third-order valence-electron chi connectivity index (χ3n) is 3.03. The summed E-state index contributed by atoms with van der Waals surface area (Å²) in [6.45, 7) is 0.605. The van der Waals surface area contributed by atoms with E-state index < -0.39 is 0 Å². The highest BCUT2D eigenvalue weighted by Gasteiger charge is 2.05. The first-order valence-electron chi connectivity index (χ1n) is 6.28. The summed E-state index contributed by atoms with van der Waals surface area (Å²) in [6, 6.07) is 13.5. The van der Waals surface area contributed by atoms with E-state index in [1.807, 2.05) is 24.5 Å². The molecule has 0 amide bonds. The van der Waals surface area contributed by atoms with E-state index in [4.69, 9.17) is 22.5 Å². The van der Waals surface area contributed by atoms with Gasteiger partial charge in [0.05, 0.1) is 0 Å². The SMILES string of the molecule is CSc1ccc(NCc2ccc(/C(N)=N/O)cc2Cl)cc1. The summed E-state index contributed by atoms with van der Waals surface area (Å²) in [7, 11) is 0. The molecule has 0 heterocycles. The number of hydrogen-bond donors (Lipinski definition) is 3. The zero-order valence-electron chi connectivity index (χ0n) is 11.5. The zero-order valence-corrected chi connectivity index (χ0v) is 13.1. The predicted octanol–water partition coefficient (Wildman–Crippen LogP) is 3.77. The van der Waals surface area contributed by atoms with Crippen molar-refractivity contribution in [2.75, 3.05) is 11.6 Å². The Morgan fingerprint density at radius 2 is 2.00 bits per heavy atom. The molecule has 0 aliphatic rings. The minimum absolute atomic E-state index is 0.0454. The van der Waals surface area contributed by atoms with Gasteiger partial charge in [-0.25, -0.2) is 0 Å². The van der Waals surface area contributed by atoms with Crippen LogP contribution in [-0.4, -0.2) is 17.3 Å². The molecular formula is C15H16ClN3OS. The first kappa shape index (κ1) is 15.5. The van der Waals surface area contributed by atoms with Gasteiger partial charge < -0.3 is 16.3 Å². The Kier molecular flexibility index (Phi) is 5.36. The van der Waals surface area contributed by atoms with Crippen LogP contribution in [0.1, 0.15) is 11.1 Å². The Hall–Kier alpha value is -1.85. The van der Waals surface area contributed by atoms with Gasteiger partial charge in [-0.1, -0.05) is 28.9 Å². The lowest BCUT2D eigenvalue weighted by Crippen LogP contribution is -2.13. The van der Waals surface area contributed by atoms with Gasteiger partial charge in [0.25, 0.3) is 0 Å². The molecule has 2 rings (SSSR count). The van der Waals surface area contributed by atoms with Crippen LogP contribution in [0.3, 0.4) is 0 Å². The molecule has 0 spiro atoms. The molecule has 0 aliphatic heterocycles. The van der Waals surface area contributed by atoms with Crippen molar-refractivity contribution in [3.63, 3.8) is 0 Å². The van der Waals surface area contributed by atoms with Crippen LogP contribution in [0.5, 0.6) is 0 Å². The summed E-state index contributed by atoms with van der Waals surface area (Å²) >= 11 is 7.92. The molecular weight excluding hydrogens is 306 g/mol. The maximum absolute atomic E-state index is 8.65. The van der Waals surface area contributed by atoms with E-state index in [9.17, 15) is 0 Å². The Morgan fingerprint density at radius 3 is 2.57 bits per heavy atom. The van der Waals surface area contributed by atoms with Crippen molar-refractivity contribution in [1.29, 1.82) is 0 Å². The lowest BCUT2D eigenvalue weighted by Gasteiger charge is -2.10. The van der Waals surface area contributed by atoms with Crippen LogP contribution in [0.25, 0.3) is 0 Å². The third-order valence-corrected chi connectivity index (χ3v) is 4.12. The topological polar surface area (TPSA) is 70.6 Å². The van der Waals surface area contributed by atoms with Crippen LogP contribution in [0.2, 0.25) is 5.02 Å². The van der Waals surface area contributed by atoms with E-state index in [-0.39, 0.29) is 5.84 Å². The average molecular weight is 322 g/mol. The number of oxime groups is 1. The van der Waals surface area contributed by atoms with Crippen LogP contribution >= 0.6 is 23.4 Å². The van der Waals surface area contributed by atoms with Crippen LogP contribution in [0.15, 0.2) is 52.5 Å². The fraction of sp³-hybridized carbons (Fsp3) is 0.133. The van der Waals surface area contributed by atoms with Gasteiger partial charge in [-0.15, -0.1) is 11.8 Å². The average Bonchev–Trinajstić information content (AvgIpc) is 2.53. The van der Waals surface area contributed by atoms with Crippen molar-refractivity contribution < 1.29 is 5.21 Å². The Balaban J connectivity index is 2.05. The lowest BCUT2D eigenvalue weighted by molar-refractivity contribution is 0.318. The standard InChI is InChI=1S/C15H16ClN3OS/c1-21-13-6-4-12(5-7-13)18-9-11-3-2-10(8-14(11)16)15(17)19-20/h2-8,18,20H,9H2,1H3,(H2,17,19). The smallest absolute Gasteiger partial charge is 0.170 e. The summed E-state index contributed by atoms with van der Waals surface area (Å²) in [5.74, 6) is 0.0454. The Bertz CT molecular complexity index is 644. The van der Waals surface area contributed by atoms with Gasteiger partial charge >= 0.3 is 0 Å². The number of halogens is 1. The molecule has 2 aromatic rings. The number of nitrogens with zero attached hydrogens (tertiary/aromatic N) is 1. The third kappa shape index (κ3) is 4.06. The van der Waals surface area contributed by atoms with Crippen molar-refractivity contribution in [2.24, 2.45) is 10.9 Å². The maximum Gasteiger partial charge on any atom is 0.170 e. The number of thioether (sulfide) groups is 1. The molecule has 4 nitrogen and oxygen atoms in total. The molecule has 0 atom stereocenters. The minimum atomic E-state index is 0.0454. The number of nitrogens with two attached hydrogens (primary N) is 1. The van der Waals surface area contributed by atoms with E-state index in [0.29, 0.717) is 17.1 Å². The summed E-state index contributed by atoms with van der Waals surface area (Å²) in [6.07, 6.45) is 2.05. The first-order valence-corrected chi connectivity index (χ1v) is 7.88. The summed E-state index contributed by atoms with van der Waals surface area (Å²) in [4.78, 5) is 1.22. The van der Waals surface area contributed by atoms with Gasteiger partial charge in [-0.3, -0.25) is 0 Å². The van der Waals surface area contributed by atoms with E-state index >= 15 is 0 Å². The highest BCUT2D eigenvalue weighted by molar-refractivity contribution is 7.98. The summed E-state index contributed by atoms with van der Waals surface area (Å²) in [5.41, 5.74) is 8.10. The molecule has 21 heavy (non-hydrogen) atoms. The molecule has 0 fully saturated rings. The Labute approximate surface area is 133 Å². The van der Waals surface area contributed by atoms with Crippen LogP contribution < -0.4 is 11.1 Å². The minimum Gasteiger partial charge on any atom is -0.409 e. The lowest BCUT2D eigenvalue weighted by atomic mass is 10.1. The number of rotatable bonds is 5. The van der Waals surface area contributed by atoms with E-state index in [2.05, 4.69) is 22.6 Å². The number of hydrogen-bond acceptors (Lipinski definition) is 4. The molecule has 2 aromatic carbocycles. The molecule has 4 N–H and O–H groups in total. The molecule has 110 valence electrons.